The van der Waals surface area contributed by atoms with Crippen LogP contribution in [0, 0.1) is 19.7 Å². The molecule has 2 aromatic rings. The summed E-state index contributed by atoms with van der Waals surface area (Å²) in [5, 5.41) is 6.69. The van der Waals surface area contributed by atoms with Crippen LogP contribution in [0.5, 0.6) is 0 Å². The second-order valence-corrected chi connectivity index (χ2v) is 6.50. The molecule has 26 heavy (non-hydrogen) atoms. The summed E-state index contributed by atoms with van der Waals surface area (Å²) in [4.78, 5) is 26.5. The van der Waals surface area contributed by atoms with Gasteiger partial charge in [-0.25, -0.2) is 4.39 Å². The molecule has 0 aliphatic carbocycles. The van der Waals surface area contributed by atoms with Gasteiger partial charge in [0.05, 0.1) is 11.7 Å². The molecule has 1 N–H and O–H groups in total. The van der Waals surface area contributed by atoms with E-state index in [1.165, 1.54) is 24.3 Å². The molecule has 138 valence electrons. The quantitative estimate of drug-likeness (QED) is 0.891. The smallest absolute Gasteiger partial charge is 0.251 e. The number of rotatable bonds is 5. The van der Waals surface area contributed by atoms with E-state index in [1.54, 1.807) is 0 Å². The molecule has 6 nitrogen and oxygen atoms in total. The maximum Gasteiger partial charge on any atom is 0.251 e. The van der Waals surface area contributed by atoms with Gasteiger partial charge in [0.25, 0.3) is 5.91 Å². The molecule has 1 atom stereocenters. The van der Waals surface area contributed by atoms with Crippen molar-refractivity contribution in [1.82, 2.24) is 15.4 Å². The van der Waals surface area contributed by atoms with Crippen molar-refractivity contribution in [2.45, 2.75) is 39.2 Å². The summed E-state index contributed by atoms with van der Waals surface area (Å²) in [5.74, 6) is 0.0290. The topological polar surface area (TPSA) is 75.4 Å². The highest BCUT2D eigenvalue weighted by molar-refractivity contribution is 5.94. The van der Waals surface area contributed by atoms with Crippen molar-refractivity contribution in [3.8, 4) is 0 Å². The molecule has 1 aromatic heterocycles. The van der Waals surface area contributed by atoms with Gasteiger partial charge in [-0.2, -0.15) is 0 Å². The van der Waals surface area contributed by atoms with Crippen molar-refractivity contribution >= 4 is 11.8 Å². The summed E-state index contributed by atoms with van der Waals surface area (Å²) >= 11 is 0. The summed E-state index contributed by atoms with van der Waals surface area (Å²) < 4.78 is 18.1. The number of nitrogens with one attached hydrogen (secondary N) is 1. The van der Waals surface area contributed by atoms with Crippen LogP contribution in [-0.2, 0) is 4.79 Å². The van der Waals surface area contributed by atoms with Crippen LogP contribution < -0.4 is 5.32 Å². The number of likely N-dealkylation sites (tertiary alicyclic amines) is 1. The van der Waals surface area contributed by atoms with Crippen LogP contribution in [0.4, 0.5) is 4.39 Å². The molecular weight excluding hydrogens is 337 g/mol. The van der Waals surface area contributed by atoms with Crippen LogP contribution in [0.3, 0.4) is 0 Å². The van der Waals surface area contributed by atoms with Crippen LogP contribution in [-0.4, -0.2) is 35.0 Å². The Balaban J connectivity index is 1.56. The number of carbonyl (C=O) groups is 2. The fourth-order valence-corrected chi connectivity index (χ4v) is 3.46. The maximum absolute atomic E-state index is 12.9. The number of aryl methyl sites for hydroxylation is 2. The first-order chi connectivity index (χ1) is 12.5. The summed E-state index contributed by atoms with van der Waals surface area (Å²) in [6, 6.07) is 5.29. The number of nitrogens with zero attached hydrogens (tertiary/aromatic N) is 2. The van der Waals surface area contributed by atoms with E-state index < -0.39 is 5.82 Å². The van der Waals surface area contributed by atoms with E-state index in [1.807, 2.05) is 18.7 Å². The summed E-state index contributed by atoms with van der Waals surface area (Å²) in [5.41, 5.74) is 2.18. The highest BCUT2D eigenvalue weighted by Crippen LogP contribution is 2.35. The lowest BCUT2D eigenvalue weighted by Gasteiger charge is -2.25. The fraction of sp³-hybridized carbons (Fsp3) is 0.421. The molecule has 0 radical (unpaired) electrons. The van der Waals surface area contributed by atoms with E-state index >= 15 is 0 Å². The highest BCUT2D eigenvalue weighted by atomic mass is 19.1. The monoisotopic (exact) mass is 359 g/mol. The standard InChI is InChI=1S/C19H22FN3O3/c1-12-18(13(2)26-22-12)16-4-3-11-23(16)17(24)9-10-21-19(25)14-5-7-15(20)8-6-14/h5-8,16H,3-4,9-11H2,1-2H3,(H,21,25)/t16-/m1/s1. The molecule has 0 spiro atoms. The predicted molar refractivity (Wildman–Crippen MR) is 93.0 cm³/mol. The molecule has 1 fully saturated rings. The van der Waals surface area contributed by atoms with Crippen molar-refractivity contribution < 1.29 is 18.5 Å². The predicted octanol–water partition coefficient (Wildman–Crippen LogP) is 2.91. The molecule has 0 unspecified atom stereocenters. The Kier molecular flexibility index (Phi) is 5.35. The number of benzene rings is 1. The Morgan fingerprint density at radius 3 is 2.69 bits per heavy atom. The number of amides is 2. The third-order valence-corrected chi connectivity index (χ3v) is 4.73. The molecule has 1 aromatic carbocycles. The van der Waals surface area contributed by atoms with Gasteiger partial charge >= 0.3 is 0 Å². The minimum atomic E-state index is -0.392. The zero-order chi connectivity index (χ0) is 18.7. The van der Waals surface area contributed by atoms with E-state index in [2.05, 4.69) is 10.5 Å². The van der Waals surface area contributed by atoms with E-state index in [4.69, 9.17) is 4.52 Å². The van der Waals surface area contributed by atoms with E-state index in [0.29, 0.717) is 12.1 Å². The number of aromatic nitrogens is 1. The van der Waals surface area contributed by atoms with Crippen molar-refractivity contribution in [2.24, 2.45) is 0 Å². The normalized spacial score (nSPS) is 16.7. The van der Waals surface area contributed by atoms with Gasteiger partial charge in [0.2, 0.25) is 5.91 Å². The summed E-state index contributed by atoms with van der Waals surface area (Å²) in [7, 11) is 0. The molecule has 1 aliphatic heterocycles. The van der Waals surface area contributed by atoms with Crippen LogP contribution >= 0.6 is 0 Å². The molecule has 0 bridgehead atoms. The zero-order valence-corrected chi connectivity index (χ0v) is 14.9. The number of halogens is 1. The lowest BCUT2D eigenvalue weighted by molar-refractivity contribution is -0.132. The SMILES string of the molecule is Cc1noc(C)c1[C@H]1CCCN1C(=O)CCNC(=O)c1ccc(F)cc1. The largest absolute Gasteiger partial charge is 0.361 e. The summed E-state index contributed by atoms with van der Waals surface area (Å²) in [6.07, 6.45) is 2.03. The van der Waals surface area contributed by atoms with Crippen LogP contribution in [0.15, 0.2) is 28.8 Å². The maximum atomic E-state index is 12.9. The van der Waals surface area contributed by atoms with Gasteiger partial charge in [-0.15, -0.1) is 0 Å². The minimum absolute atomic E-state index is 0.00749. The molecule has 7 heteroatoms. The minimum Gasteiger partial charge on any atom is -0.361 e. The lowest BCUT2D eigenvalue weighted by atomic mass is 10.0. The van der Waals surface area contributed by atoms with Crippen molar-refractivity contribution in [2.75, 3.05) is 13.1 Å². The first-order valence-electron chi connectivity index (χ1n) is 8.73. The first-order valence-corrected chi connectivity index (χ1v) is 8.73. The van der Waals surface area contributed by atoms with Gasteiger partial charge in [-0.3, -0.25) is 9.59 Å². The third-order valence-electron chi connectivity index (χ3n) is 4.73. The molecule has 2 heterocycles. The van der Waals surface area contributed by atoms with E-state index in [-0.39, 0.29) is 30.8 Å². The zero-order valence-electron chi connectivity index (χ0n) is 14.9. The number of hydrogen-bond donors (Lipinski definition) is 1. The van der Waals surface area contributed by atoms with Crippen LogP contribution in [0.25, 0.3) is 0 Å². The Bertz CT molecular complexity index is 781. The molecule has 2 amide bonds. The van der Waals surface area contributed by atoms with Gasteiger partial charge in [-0.05, 0) is 51.0 Å². The molecule has 1 saturated heterocycles. The Morgan fingerprint density at radius 2 is 2.04 bits per heavy atom. The van der Waals surface area contributed by atoms with Gasteiger partial charge in [0, 0.05) is 30.6 Å². The van der Waals surface area contributed by atoms with Crippen molar-refractivity contribution in [3.05, 3.63) is 52.7 Å². The molecule has 3 rings (SSSR count). The highest BCUT2D eigenvalue weighted by Gasteiger charge is 2.33. The van der Waals surface area contributed by atoms with E-state index in [9.17, 15) is 14.0 Å². The van der Waals surface area contributed by atoms with E-state index in [0.717, 1.165) is 29.9 Å². The Hall–Kier alpha value is -2.70. The molecule has 1 aliphatic rings. The average Bonchev–Trinajstić information content (AvgIpc) is 3.21. The molecule has 0 saturated carbocycles. The van der Waals surface area contributed by atoms with Crippen LogP contribution in [0.2, 0.25) is 0 Å². The second kappa shape index (κ2) is 7.68. The number of carbonyl (C=O) groups excluding carboxylic acids is 2. The lowest BCUT2D eigenvalue weighted by Crippen LogP contribution is -2.34. The third kappa shape index (κ3) is 3.76. The average molecular weight is 359 g/mol. The second-order valence-electron chi connectivity index (χ2n) is 6.50. The fourth-order valence-electron chi connectivity index (χ4n) is 3.46. The van der Waals surface area contributed by atoms with Gasteiger partial charge in [0.15, 0.2) is 0 Å². The van der Waals surface area contributed by atoms with Gasteiger partial charge in [0.1, 0.15) is 11.6 Å². The van der Waals surface area contributed by atoms with Gasteiger partial charge in [-0.1, -0.05) is 5.16 Å². The van der Waals surface area contributed by atoms with Crippen molar-refractivity contribution in [1.29, 1.82) is 0 Å². The molecular formula is C19H22FN3O3. The van der Waals surface area contributed by atoms with Gasteiger partial charge < -0.3 is 14.7 Å². The Labute approximate surface area is 151 Å². The number of hydrogen-bond acceptors (Lipinski definition) is 4. The first kappa shape index (κ1) is 18.1. The van der Waals surface area contributed by atoms with Crippen LogP contribution in [0.1, 0.15) is 52.7 Å². The van der Waals surface area contributed by atoms with Crippen molar-refractivity contribution in [3.63, 3.8) is 0 Å². The summed E-state index contributed by atoms with van der Waals surface area (Å²) in [6.45, 7) is 4.67. The Morgan fingerprint density at radius 1 is 1.31 bits per heavy atom.